The fourth-order valence-electron chi connectivity index (χ4n) is 2.58. The minimum absolute atomic E-state index is 0.0474. The Morgan fingerprint density at radius 1 is 0.933 bits per heavy atom. The first kappa shape index (κ1) is 21.5. The second-order valence-corrected chi connectivity index (χ2v) is 8.23. The van der Waals surface area contributed by atoms with Crippen molar-refractivity contribution in [1.29, 1.82) is 0 Å². The highest BCUT2D eigenvalue weighted by molar-refractivity contribution is 7.92. The first-order valence-electron chi connectivity index (χ1n) is 9.05. The highest BCUT2D eigenvalue weighted by Crippen LogP contribution is 2.25. The van der Waals surface area contributed by atoms with E-state index in [4.69, 9.17) is 17.0 Å². The van der Waals surface area contributed by atoms with Gasteiger partial charge in [0.2, 0.25) is 0 Å². The van der Waals surface area contributed by atoms with Crippen molar-refractivity contribution in [2.75, 3.05) is 22.0 Å². The van der Waals surface area contributed by atoms with Crippen molar-refractivity contribution in [3.05, 3.63) is 78.6 Å². The molecule has 0 aliphatic carbocycles. The molecule has 0 bridgehead atoms. The topological polar surface area (TPSA) is 79.5 Å². The van der Waals surface area contributed by atoms with Crippen molar-refractivity contribution in [3.8, 4) is 5.75 Å². The van der Waals surface area contributed by atoms with Crippen LogP contribution in [0.25, 0.3) is 0 Å². The SMILES string of the molecule is CCOc1ccc(NC(=S)Nc2ccccc2NS(=O)(=O)c2ccc(F)cc2)cc1. The Kier molecular flexibility index (Phi) is 6.86. The molecule has 3 aromatic rings. The summed E-state index contributed by atoms with van der Waals surface area (Å²) in [4.78, 5) is -0.0474. The molecular formula is C21H20FN3O3S2. The number of sulfonamides is 1. The largest absolute Gasteiger partial charge is 0.494 e. The van der Waals surface area contributed by atoms with E-state index in [9.17, 15) is 12.8 Å². The monoisotopic (exact) mass is 445 g/mol. The lowest BCUT2D eigenvalue weighted by Crippen LogP contribution is -2.21. The number of hydrogen-bond acceptors (Lipinski definition) is 4. The van der Waals surface area contributed by atoms with Crippen LogP contribution < -0.4 is 20.1 Å². The number of nitrogens with one attached hydrogen (secondary N) is 3. The van der Waals surface area contributed by atoms with Crippen LogP contribution in [0.1, 0.15) is 6.92 Å². The van der Waals surface area contributed by atoms with Crippen LogP contribution in [-0.2, 0) is 10.0 Å². The molecule has 0 unspecified atom stereocenters. The first-order valence-corrected chi connectivity index (χ1v) is 10.9. The van der Waals surface area contributed by atoms with Crippen molar-refractivity contribution in [2.45, 2.75) is 11.8 Å². The van der Waals surface area contributed by atoms with Gasteiger partial charge in [-0.3, -0.25) is 4.72 Å². The van der Waals surface area contributed by atoms with Gasteiger partial charge in [0.1, 0.15) is 11.6 Å². The molecule has 0 saturated heterocycles. The number of para-hydroxylation sites is 2. The second kappa shape index (κ2) is 9.55. The van der Waals surface area contributed by atoms with Crippen LogP contribution in [-0.4, -0.2) is 20.1 Å². The van der Waals surface area contributed by atoms with Crippen LogP contribution in [0.5, 0.6) is 5.75 Å². The highest BCUT2D eigenvalue weighted by atomic mass is 32.2. The van der Waals surface area contributed by atoms with Crippen molar-refractivity contribution < 1.29 is 17.5 Å². The summed E-state index contributed by atoms with van der Waals surface area (Å²) in [7, 11) is -3.89. The van der Waals surface area contributed by atoms with Gasteiger partial charge in [-0.2, -0.15) is 0 Å². The number of anilines is 3. The molecule has 3 N–H and O–H groups in total. The maximum Gasteiger partial charge on any atom is 0.261 e. The van der Waals surface area contributed by atoms with Gasteiger partial charge >= 0.3 is 0 Å². The van der Waals surface area contributed by atoms with Gasteiger partial charge in [-0.15, -0.1) is 0 Å². The number of thiocarbonyl (C=S) groups is 1. The molecule has 0 amide bonds. The highest BCUT2D eigenvalue weighted by Gasteiger charge is 2.16. The van der Waals surface area contributed by atoms with Gasteiger partial charge in [-0.05, 0) is 79.8 Å². The van der Waals surface area contributed by atoms with Crippen LogP contribution in [0.2, 0.25) is 0 Å². The molecule has 0 radical (unpaired) electrons. The van der Waals surface area contributed by atoms with Gasteiger partial charge in [0.05, 0.1) is 22.9 Å². The van der Waals surface area contributed by atoms with Gasteiger partial charge in [0.15, 0.2) is 5.11 Å². The van der Waals surface area contributed by atoms with E-state index in [-0.39, 0.29) is 10.0 Å². The predicted molar refractivity (Wildman–Crippen MR) is 121 cm³/mol. The molecule has 0 aromatic heterocycles. The standard InChI is InChI=1S/C21H20FN3O3S2/c1-2-28-17-11-9-16(10-12-17)23-21(29)24-19-5-3-4-6-20(19)25-30(26,27)18-13-7-15(22)8-14-18/h3-14,25H,2H2,1H3,(H2,23,24,29). The van der Waals surface area contributed by atoms with Crippen LogP contribution in [0.4, 0.5) is 21.5 Å². The minimum atomic E-state index is -3.89. The number of hydrogen-bond donors (Lipinski definition) is 3. The lowest BCUT2D eigenvalue weighted by Gasteiger charge is -2.16. The summed E-state index contributed by atoms with van der Waals surface area (Å²) in [5.41, 5.74) is 1.52. The molecule has 0 aliphatic heterocycles. The Bertz CT molecular complexity index is 1120. The zero-order valence-electron chi connectivity index (χ0n) is 16.1. The maximum atomic E-state index is 13.1. The summed E-state index contributed by atoms with van der Waals surface area (Å²) in [6.45, 7) is 2.49. The van der Waals surface area contributed by atoms with Crippen molar-refractivity contribution in [2.24, 2.45) is 0 Å². The van der Waals surface area contributed by atoms with Crippen molar-refractivity contribution in [1.82, 2.24) is 0 Å². The summed E-state index contributed by atoms with van der Waals surface area (Å²) < 4.78 is 46.2. The van der Waals surface area contributed by atoms with E-state index < -0.39 is 15.8 Å². The molecule has 9 heteroatoms. The molecule has 6 nitrogen and oxygen atoms in total. The van der Waals surface area contributed by atoms with Crippen LogP contribution >= 0.6 is 12.2 Å². The maximum absolute atomic E-state index is 13.1. The number of halogens is 1. The third-order valence-electron chi connectivity index (χ3n) is 3.97. The number of ether oxygens (including phenoxy) is 1. The summed E-state index contributed by atoms with van der Waals surface area (Å²) in [5.74, 6) is 0.240. The van der Waals surface area contributed by atoms with E-state index in [1.807, 2.05) is 31.2 Å². The van der Waals surface area contributed by atoms with E-state index in [1.54, 1.807) is 24.3 Å². The lowest BCUT2D eigenvalue weighted by atomic mass is 10.3. The zero-order chi connectivity index (χ0) is 21.6. The number of rotatable bonds is 7. The Morgan fingerprint density at radius 2 is 1.57 bits per heavy atom. The smallest absolute Gasteiger partial charge is 0.261 e. The van der Waals surface area contributed by atoms with Gasteiger partial charge in [-0.1, -0.05) is 12.1 Å². The fraction of sp³-hybridized carbons (Fsp3) is 0.0952. The molecule has 3 aromatic carbocycles. The normalized spacial score (nSPS) is 10.9. The fourth-order valence-corrected chi connectivity index (χ4v) is 3.89. The Morgan fingerprint density at radius 3 is 2.20 bits per heavy atom. The average molecular weight is 446 g/mol. The molecule has 0 spiro atoms. The van der Waals surface area contributed by atoms with Crippen LogP contribution in [0.15, 0.2) is 77.7 Å². The summed E-state index contributed by atoms with van der Waals surface area (Å²) >= 11 is 5.34. The predicted octanol–water partition coefficient (Wildman–Crippen LogP) is 4.83. The van der Waals surface area contributed by atoms with Gasteiger partial charge < -0.3 is 15.4 Å². The Labute approximate surface area is 180 Å². The Balaban J connectivity index is 1.71. The van der Waals surface area contributed by atoms with Gasteiger partial charge in [0.25, 0.3) is 10.0 Å². The van der Waals surface area contributed by atoms with E-state index in [1.165, 1.54) is 12.1 Å². The molecule has 0 saturated carbocycles. The second-order valence-electron chi connectivity index (χ2n) is 6.14. The molecular weight excluding hydrogens is 425 g/mol. The summed E-state index contributed by atoms with van der Waals surface area (Å²) in [5, 5.41) is 6.30. The third-order valence-corrected chi connectivity index (χ3v) is 5.55. The van der Waals surface area contributed by atoms with Crippen LogP contribution in [0.3, 0.4) is 0 Å². The molecule has 156 valence electrons. The summed E-state index contributed by atoms with van der Waals surface area (Å²) in [6, 6.07) is 18.6. The third kappa shape index (κ3) is 5.68. The average Bonchev–Trinajstić information content (AvgIpc) is 2.71. The van der Waals surface area contributed by atoms with Crippen LogP contribution in [0, 0.1) is 5.82 Å². The molecule has 0 aliphatic rings. The van der Waals surface area contributed by atoms with E-state index in [0.29, 0.717) is 18.0 Å². The van der Waals surface area contributed by atoms with Gasteiger partial charge in [-0.25, -0.2) is 12.8 Å². The zero-order valence-corrected chi connectivity index (χ0v) is 17.7. The molecule has 3 rings (SSSR count). The van der Waals surface area contributed by atoms with E-state index in [0.717, 1.165) is 23.6 Å². The lowest BCUT2D eigenvalue weighted by molar-refractivity contribution is 0.340. The summed E-state index contributed by atoms with van der Waals surface area (Å²) in [6.07, 6.45) is 0. The molecule has 0 heterocycles. The molecule has 30 heavy (non-hydrogen) atoms. The molecule has 0 atom stereocenters. The minimum Gasteiger partial charge on any atom is -0.494 e. The van der Waals surface area contributed by atoms with E-state index in [2.05, 4.69) is 15.4 Å². The quantitative estimate of drug-likeness (QED) is 0.452. The van der Waals surface area contributed by atoms with E-state index >= 15 is 0 Å². The molecule has 0 fully saturated rings. The number of benzene rings is 3. The Hall–Kier alpha value is -3.17. The van der Waals surface area contributed by atoms with Crippen molar-refractivity contribution in [3.63, 3.8) is 0 Å². The first-order chi connectivity index (χ1) is 14.4. The van der Waals surface area contributed by atoms with Crippen molar-refractivity contribution >= 4 is 44.4 Å². The van der Waals surface area contributed by atoms with Gasteiger partial charge in [0, 0.05) is 5.69 Å².